The van der Waals surface area contributed by atoms with Gasteiger partial charge in [0.05, 0.1) is 7.05 Å². The first kappa shape index (κ1) is 19.5. The van der Waals surface area contributed by atoms with Gasteiger partial charge in [-0.3, -0.25) is 9.59 Å². The molecule has 23 heavy (non-hydrogen) atoms. The van der Waals surface area contributed by atoms with Gasteiger partial charge in [0, 0.05) is 24.2 Å². The van der Waals surface area contributed by atoms with E-state index in [1.807, 2.05) is 46.0 Å². The van der Waals surface area contributed by atoms with Crippen molar-refractivity contribution in [1.82, 2.24) is 10.2 Å². The normalized spacial score (nSPS) is 12.6. The van der Waals surface area contributed by atoms with Crippen molar-refractivity contribution in [3.63, 3.8) is 0 Å². The first-order valence-electron chi connectivity index (χ1n) is 7.67. The van der Waals surface area contributed by atoms with Gasteiger partial charge in [-0.2, -0.15) is 0 Å². The van der Waals surface area contributed by atoms with Crippen molar-refractivity contribution in [3.8, 4) is 0 Å². The maximum absolute atomic E-state index is 12.2. The molecular formula is C17H27ClN3O2+. The summed E-state index contributed by atoms with van der Waals surface area (Å²) in [6.07, 6.45) is 0. The lowest BCUT2D eigenvalue weighted by Crippen LogP contribution is -3.11. The molecule has 128 valence electrons. The molecule has 0 aromatic heterocycles. The van der Waals surface area contributed by atoms with E-state index in [0.29, 0.717) is 11.6 Å². The highest BCUT2D eigenvalue weighted by Crippen LogP contribution is 2.11. The van der Waals surface area contributed by atoms with Gasteiger partial charge in [0.2, 0.25) is 0 Å². The predicted molar refractivity (Wildman–Crippen MR) is 92.4 cm³/mol. The quantitative estimate of drug-likeness (QED) is 0.802. The Labute approximate surface area is 143 Å². The largest absolute Gasteiger partial charge is 0.347 e. The molecule has 1 rings (SSSR count). The molecule has 0 saturated carbocycles. The molecule has 2 amide bonds. The third-order valence-corrected chi connectivity index (χ3v) is 3.40. The summed E-state index contributed by atoms with van der Waals surface area (Å²) in [6, 6.07) is 7.45. The number of halogens is 1. The summed E-state index contributed by atoms with van der Waals surface area (Å²) in [7, 11) is 3.60. The fraction of sp³-hybridized carbons (Fsp3) is 0.529. The molecule has 5 nitrogen and oxygen atoms in total. The molecular weight excluding hydrogens is 314 g/mol. The highest BCUT2D eigenvalue weighted by molar-refractivity contribution is 6.30. The Kier molecular flexibility index (Phi) is 7.03. The average Bonchev–Trinajstić information content (AvgIpc) is 2.35. The lowest BCUT2D eigenvalue weighted by molar-refractivity contribution is -0.863. The first-order valence-corrected chi connectivity index (χ1v) is 8.05. The Balaban J connectivity index is 2.46. The van der Waals surface area contributed by atoms with Gasteiger partial charge < -0.3 is 15.1 Å². The molecule has 2 N–H and O–H groups in total. The van der Waals surface area contributed by atoms with Gasteiger partial charge in [0.15, 0.2) is 13.1 Å². The molecule has 0 spiro atoms. The Bertz CT molecular complexity index is 555. The van der Waals surface area contributed by atoms with E-state index in [4.69, 9.17) is 11.6 Å². The third kappa shape index (κ3) is 8.00. The molecule has 0 aliphatic heterocycles. The molecule has 0 fully saturated rings. The zero-order valence-electron chi connectivity index (χ0n) is 14.6. The average molecular weight is 341 g/mol. The molecule has 0 radical (unpaired) electrons. The number of likely N-dealkylation sites (N-methyl/N-ethyl adjacent to an activating group) is 2. The van der Waals surface area contributed by atoms with Gasteiger partial charge in [-0.1, -0.05) is 23.7 Å². The van der Waals surface area contributed by atoms with Crippen LogP contribution in [0.3, 0.4) is 0 Å². The van der Waals surface area contributed by atoms with Crippen LogP contribution >= 0.6 is 11.6 Å². The van der Waals surface area contributed by atoms with Crippen LogP contribution in [-0.4, -0.2) is 49.4 Å². The topological polar surface area (TPSA) is 53.9 Å². The number of hydrogen-bond acceptors (Lipinski definition) is 2. The van der Waals surface area contributed by atoms with Gasteiger partial charge in [-0.25, -0.2) is 0 Å². The lowest BCUT2D eigenvalue weighted by Gasteiger charge is -2.23. The minimum Gasteiger partial charge on any atom is -0.347 e. The molecule has 0 bridgehead atoms. The standard InChI is InChI=1S/C17H26ClN3O2/c1-17(2,3)19-15(22)11-20(4)12-16(23)21(5)10-13-7-6-8-14(18)9-13/h6-9H,10-12H2,1-5H3,(H,19,22)/p+1. The van der Waals surface area contributed by atoms with Crippen LogP contribution < -0.4 is 10.2 Å². The van der Waals surface area contributed by atoms with Crippen LogP contribution in [0.2, 0.25) is 5.02 Å². The van der Waals surface area contributed by atoms with Crippen LogP contribution in [0.5, 0.6) is 0 Å². The van der Waals surface area contributed by atoms with Crippen LogP contribution in [0.15, 0.2) is 24.3 Å². The number of nitrogens with zero attached hydrogens (tertiary/aromatic N) is 1. The summed E-state index contributed by atoms with van der Waals surface area (Å²) in [5.41, 5.74) is 0.724. The second-order valence-corrected chi connectivity index (χ2v) is 7.42. The number of amides is 2. The van der Waals surface area contributed by atoms with Gasteiger partial charge in [0.1, 0.15) is 0 Å². The Morgan fingerprint density at radius 1 is 1.26 bits per heavy atom. The summed E-state index contributed by atoms with van der Waals surface area (Å²) in [6.45, 7) is 6.85. The van der Waals surface area contributed by atoms with Crippen LogP contribution in [0.4, 0.5) is 0 Å². The van der Waals surface area contributed by atoms with Crippen LogP contribution in [-0.2, 0) is 16.1 Å². The highest BCUT2D eigenvalue weighted by atomic mass is 35.5. The number of carbonyl (C=O) groups is 2. The fourth-order valence-electron chi connectivity index (χ4n) is 2.19. The van der Waals surface area contributed by atoms with Gasteiger partial charge in [-0.15, -0.1) is 0 Å². The van der Waals surface area contributed by atoms with Gasteiger partial charge in [0.25, 0.3) is 11.8 Å². The summed E-state index contributed by atoms with van der Waals surface area (Å²) in [5, 5.41) is 3.56. The van der Waals surface area contributed by atoms with Crippen molar-refractivity contribution >= 4 is 23.4 Å². The van der Waals surface area contributed by atoms with Crippen molar-refractivity contribution < 1.29 is 14.5 Å². The van der Waals surface area contributed by atoms with Crippen molar-refractivity contribution in [2.75, 3.05) is 27.2 Å². The van der Waals surface area contributed by atoms with E-state index in [1.165, 1.54) is 0 Å². The molecule has 1 unspecified atom stereocenters. The number of quaternary nitrogens is 1. The minimum absolute atomic E-state index is 0.00830. The summed E-state index contributed by atoms with van der Waals surface area (Å²) in [5.74, 6) is -0.0636. The SMILES string of the molecule is CN(Cc1cccc(Cl)c1)C(=O)C[NH+](C)CC(=O)NC(C)(C)C. The van der Waals surface area contributed by atoms with E-state index in [-0.39, 0.29) is 30.4 Å². The van der Waals surface area contributed by atoms with E-state index in [9.17, 15) is 9.59 Å². The Morgan fingerprint density at radius 3 is 2.48 bits per heavy atom. The van der Waals surface area contributed by atoms with E-state index in [0.717, 1.165) is 10.5 Å². The van der Waals surface area contributed by atoms with Crippen molar-refractivity contribution in [2.24, 2.45) is 0 Å². The van der Waals surface area contributed by atoms with Crippen molar-refractivity contribution in [1.29, 1.82) is 0 Å². The molecule has 1 aromatic carbocycles. The molecule has 0 heterocycles. The van der Waals surface area contributed by atoms with Gasteiger partial charge >= 0.3 is 0 Å². The number of nitrogens with one attached hydrogen (secondary N) is 2. The van der Waals surface area contributed by atoms with E-state index >= 15 is 0 Å². The van der Waals surface area contributed by atoms with Gasteiger partial charge in [-0.05, 0) is 38.5 Å². The summed E-state index contributed by atoms with van der Waals surface area (Å²) >= 11 is 5.95. The number of benzene rings is 1. The molecule has 0 aliphatic rings. The summed E-state index contributed by atoms with van der Waals surface area (Å²) in [4.78, 5) is 26.6. The molecule has 1 aromatic rings. The second kappa shape index (κ2) is 8.31. The van der Waals surface area contributed by atoms with Crippen molar-refractivity contribution in [2.45, 2.75) is 32.9 Å². The van der Waals surface area contributed by atoms with Crippen LogP contribution in [0.1, 0.15) is 26.3 Å². The summed E-state index contributed by atoms with van der Waals surface area (Å²) < 4.78 is 0. The molecule has 1 atom stereocenters. The van der Waals surface area contributed by atoms with Crippen molar-refractivity contribution in [3.05, 3.63) is 34.9 Å². The lowest BCUT2D eigenvalue weighted by atomic mass is 10.1. The first-order chi connectivity index (χ1) is 10.6. The molecule has 0 saturated heterocycles. The molecule has 0 aliphatic carbocycles. The minimum atomic E-state index is -0.259. The Morgan fingerprint density at radius 2 is 1.91 bits per heavy atom. The zero-order chi connectivity index (χ0) is 17.6. The van der Waals surface area contributed by atoms with Crippen LogP contribution in [0.25, 0.3) is 0 Å². The second-order valence-electron chi connectivity index (χ2n) is 6.99. The smallest absolute Gasteiger partial charge is 0.277 e. The zero-order valence-corrected chi connectivity index (χ0v) is 15.3. The van der Waals surface area contributed by atoms with E-state index in [2.05, 4.69) is 5.32 Å². The number of carbonyl (C=O) groups excluding carboxylic acids is 2. The fourth-order valence-corrected chi connectivity index (χ4v) is 2.40. The monoisotopic (exact) mass is 340 g/mol. The third-order valence-electron chi connectivity index (χ3n) is 3.16. The van der Waals surface area contributed by atoms with E-state index < -0.39 is 0 Å². The number of hydrogen-bond donors (Lipinski definition) is 2. The predicted octanol–water partition coefficient (Wildman–Crippen LogP) is 0.728. The Hall–Kier alpha value is -1.59. The number of rotatable bonds is 6. The van der Waals surface area contributed by atoms with Crippen LogP contribution in [0, 0.1) is 0 Å². The van der Waals surface area contributed by atoms with E-state index in [1.54, 1.807) is 18.0 Å². The molecule has 6 heteroatoms. The maximum atomic E-state index is 12.2. The highest BCUT2D eigenvalue weighted by Gasteiger charge is 2.20. The maximum Gasteiger partial charge on any atom is 0.277 e.